The van der Waals surface area contributed by atoms with Gasteiger partial charge in [-0.25, -0.2) is 4.98 Å². The van der Waals surface area contributed by atoms with Crippen molar-refractivity contribution in [3.05, 3.63) is 53.0 Å². The lowest BCUT2D eigenvalue weighted by Gasteiger charge is -2.08. The molecule has 0 aliphatic rings. The van der Waals surface area contributed by atoms with E-state index < -0.39 is 11.7 Å². The fourth-order valence-corrected chi connectivity index (χ4v) is 2.99. The summed E-state index contributed by atoms with van der Waals surface area (Å²) in [7, 11) is 0. The summed E-state index contributed by atoms with van der Waals surface area (Å²) < 4.78 is 38.7. The summed E-state index contributed by atoms with van der Waals surface area (Å²) in [4.78, 5) is 4.46. The van der Waals surface area contributed by atoms with E-state index in [4.69, 9.17) is 0 Å². The number of nitrogens with zero attached hydrogens (tertiary/aromatic N) is 1. The SMILES string of the molecule is Cc1nc2c(-c3ccc(C(F)(F)F)cc3)cccc2s1. The molecule has 0 atom stereocenters. The van der Waals surface area contributed by atoms with Crippen LogP contribution in [-0.4, -0.2) is 4.98 Å². The Balaban J connectivity index is 2.11. The Morgan fingerprint density at radius 2 is 1.70 bits per heavy atom. The van der Waals surface area contributed by atoms with Gasteiger partial charge in [0.25, 0.3) is 0 Å². The van der Waals surface area contributed by atoms with E-state index in [2.05, 4.69) is 4.98 Å². The van der Waals surface area contributed by atoms with E-state index >= 15 is 0 Å². The molecule has 0 aliphatic heterocycles. The van der Waals surface area contributed by atoms with Crippen LogP contribution in [0.1, 0.15) is 10.6 Å². The summed E-state index contributed by atoms with van der Waals surface area (Å²) in [5.74, 6) is 0. The number of halogens is 3. The van der Waals surface area contributed by atoms with Gasteiger partial charge in [-0.05, 0) is 30.7 Å². The quantitative estimate of drug-likeness (QED) is 0.594. The second kappa shape index (κ2) is 4.59. The highest BCUT2D eigenvalue weighted by molar-refractivity contribution is 7.18. The highest BCUT2D eigenvalue weighted by Crippen LogP contribution is 2.34. The van der Waals surface area contributed by atoms with E-state index in [0.29, 0.717) is 0 Å². The number of hydrogen-bond donors (Lipinski definition) is 0. The van der Waals surface area contributed by atoms with Gasteiger partial charge in [0.15, 0.2) is 0 Å². The van der Waals surface area contributed by atoms with Crippen LogP contribution in [-0.2, 0) is 6.18 Å². The Bertz CT molecular complexity index is 757. The highest BCUT2D eigenvalue weighted by atomic mass is 32.1. The molecule has 0 N–H and O–H groups in total. The number of aromatic nitrogens is 1. The third-order valence-corrected chi connectivity index (χ3v) is 3.99. The minimum absolute atomic E-state index is 0.636. The topological polar surface area (TPSA) is 12.9 Å². The largest absolute Gasteiger partial charge is 0.416 e. The standard InChI is InChI=1S/C15H10F3NS/c1-9-19-14-12(3-2-4-13(14)20-9)10-5-7-11(8-6-10)15(16,17)18/h2-8H,1H3. The highest BCUT2D eigenvalue weighted by Gasteiger charge is 2.30. The molecule has 1 aromatic heterocycles. The lowest BCUT2D eigenvalue weighted by molar-refractivity contribution is -0.137. The van der Waals surface area contributed by atoms with Crippen molar-refractivity contribution in [1.82, 2.24) is 4.98 Å². The zero-order valence-corrected chi connectivity index (χ0v) is 11.3. The number of fused-ring (bicyclic) bond motifs is 1. The molecule has 5 heteroatoms. The van der Waals surface area contributed by atoms with E-state index in [1.165, 1.54) is 12.1 Å². The summed E-state index contributed by atoms with van der Waals surface area (Å²) >= 11 is 1.58. The third-order valence-electron chi connectivity index (χ3n) is 3.05. The maximum Gasteiger partial charge on any atom is 0.416 e. The van der Waals surface area contributed by atoms with Gasteiger partial charge >= 0.3 is 6.18 Å². The molecule has 0 spiro atoms. The minimum Gasteiger partial charge on any atom is -0.241 e. The van der Waals surface area contributed by atoms with Gasteiger partial charge in [-0.1, -0.05) is 24.3 Å². The second-order valence-electron chi connectivity index (χ2n) is 4.46. The fourth-order valence-electron chi connectivity index (χ4n) is 2.13. The van der Waals surface area contributed by atoms with Crippen molar-refractivity contribution in [3.63, 3.8) is 0 Å². The van der Waals surface area contributed by atoms with Gasteiger partial charge in [-0.2, -0.15) is 13.2 Å². The molecule has 20 heavy (non-hydrogen) atoms. The van der Waals surface area contributed by atoms with E-state index in [9.17, 15) is 13.2 Å². The maximum atomic E-state index is 12.6. The summed E-state index contributed by atoms with van der Waals surface area (Å²) in [6.07, 6.45) is -4.30. The number of alkyl halides is 3. The van der Waals surface area contributed by atoms with Crippen LogP contribution in [0.3, 0.4) is 0 Å². The zero-order valence-electron chi connectivity index (χ0n) is 10.5. The smallest absolute Gasteiger partial charge is 0.241 e. The molecule has 0 radical (unpaired) electrons. The van der Waals surface area contributed by atoms with Gasteiger partial charge in [0.1, 0.15) is 0 Å². The number of aryl methyl sites for hydroxylation is 1. The van der Waals surface area contributed by atoms with E-state index in [0.717, 1.165) is 38.5 Å². The van der Waals surface area contributed by atoms with Gasteiger partial charge in [-0.3, -0.25) is 0 Å². The number of para-hydroxylation sites is 1. The Kier molecular flexibility index (Phi) is 3.01. The van der Waals surface area contributed by atoms with Gasteiger partial charge in [0.2, 0.25) is 0 Å². The number of benzene rings is 2. The number of thiazole rings is 1. The van der Waals surface area contributed by atoms with Crippen molar-refractivity contribution in [3.8, 4) is 11.1 Å². The van der Waals surface area contributed by atoms with Crippen LogP contribution >= 0.6 is 11.3 Å². The lowest BCUT2D eigenvalue weighted by atomic mass is 10.0. The van der Waals surface area contributed by atoms with Gasteiger partial charge in [0, 0.05) is 5.56 Å². The molecule has 0 aliphatic carbocycles. The summed E-state index contributed by atoms with van der Waals surface area (Å²) in [5, 5.41) is 0.944. The molecule has 0 saturated heterocycles. The second-order valence-corrected chi connectivity index (χ2v) is 5.70. The van der Waals surface area contributed by atoms with Crippen LogP contribution < -0.4 is 0 Å². The van der Waals surface area contributed by atoms with Crippen LogP contribution in [0.15, 0.2) is 42.5 Å². The van der Waals surface area contributed by atoms with E-state index in [1.54, 1.807) is 11.3 Å². The molecule has 3 rings (SSSR count). The van der Waals surface area contributed by atoms with Crippen molar-refractivity contribution in [2.45, 2.75) is 13.1 Å². The van der Waals surface area contributed by atoms with Gasteiger partial charge in [-0.15, -0.1) is 11.3 Å². The van der Waals surface area contributed by atoms with Crippen molar-refractivity contribution in [2.75, 3.05) is 0 Å². The molecule has 0 unspecified atom stereocenters. The molecule has 2 aromatic carbocycles. The molecule has 0 fully saturated rings. The first-order chi connectivity index (χ1) is 9.45. The first kappa shape index (κ1) is 13.1. The predicted molar refractivity (Wildman–Crippen MR) is 74.8 cm³/mol. The van der Waals surface area contributed by atoms with Crippen LogP contribution in [0.4, 0.5) is 13.2 Å². The van der Waals surface area contributed by atoms with Crippen LogP contribution in [0.2, 0.25) is 0 Å². The number of hydrogen-bond acceptors (Lipinski definition) is 2. The first-order valence-electron chi connectivity index (χ1n) is 5.99. The summed E-state index contributed by atoms with van der Waals surface area (Å²) in [6, 6.07) is 10.9. The van der Waals surface area contributed by atoms with Crippen LogP contribution in [0.5, 0.6) is 0 Å². The predicted octanol–water partition coefficient (Wildman–Crippen LogP) is 5.29. The molecule has 0 saturated carbocycles. The van der Waals surface area contributed by atoms with E-state index in [1.807, 2.05) is 25.1 Å². The normalized spacial score (nSPS) is 12.0. The molecule has 1 nitrogen and oxygen atoms in total. The van der Waals surface area contributed by atoms with E-state index in [-0.39, 0.29) is 0 Å². The molecular weight excluding hydrogens is 283 g/mol. The fraction of sp³-hybridized carbons (Fsp3) is 0.133. The summed E-state index contributed by atoms with van der Waals surface area (Å²) in [5.41, 5.74) is 1.81. The van der Waals surface area contributed by atoms with Crippen molar-refractivity contribution >= 4 is 21.6 Å². The van der Waals surface area contributed by atoms with Crippen LogP contribution in [0, 0.1) is 6.92 Å². The average molecular weight is 293 g/mol. The minimum atomic E-state index is -4.30. The molecule has 3 aromatic rings. The zero-order chi connectivity index (χ0) is 14.3. The number of rotatable bonds is 1. The molecule has 0 amide bonds. The van der Waals surface area contributed by atoms with Gasteiger partial charge in [0.05, 0.1) is 20.8 Å². The molecular formula is C15H10F3NS. The van der Waals surface area contributed by atoms with Crippen molar-refractivity contribution in [1.29, 1.82) is 0 Å². The Hall–Kier alpha value is -1.88. The van der Waals surface area contributed by atoms with Crippen LogP contribution in [0.25, 0.3) is 21.3 Å². The lowest BCUT2D eigenvalue weighted by Crippen LogP contribution is -2.03. The maximum absolute atomic E-state index is 12.6. The Morgan fingerprint density at radius 3 is 2.35 bits per heavy atom. The van der Waals surface area contributed by atoms with Crippen molar-refractivity contribution < 1.29 is 13.2 Å². The third kappa shape index (κ3) is 2.29. The average Bonchev–Trinajstić information content (AvgIpc) is 2.78. The monoisotopic (exact) mass is 293 g/mol. The molecule has 102 valence electrons. The summed E-state index contributed by atoms with van der Waals surface area (Å²) in [6.45, 7) is 1.92. The molecule has 0 bridgehead atoms. The van der Waals surface area contributed by atoms with Gasteiger partial charge < -0.3 is 0 Å². The first-order valence-corrected chi connectivity index (χ1v) is 6.80. The molecule has 1 heterocycles. The van der Waals surface area contributed by atoms with Crippen molar-refractivity contribution in [2.24, 2.45) is 0 Å². The Morgan fingerprint density at radius 1 is 1.00 bits per heavy atom. The Labute approximate surface area is 117 Å².